The topological polar surface area (TPSA) is 63.1 Å². The van der Waals surface area contributed by atoms with E-state index in [9.17, 15) is 9.59 Å². The molecule has 0 bridgehead atoms. The van der Waals surface area contributed by atoms with Gasteiger partial charge in [0.05, 0.1) is 6.54 Å². The number of hydrogen-bond acceptors (Lipinski definition) is 2. The second-order valence-electron chi connectivity index (χ2n) is 6.34. The zero-order chi connectivity index (χ0) is 18.4. The molecule has 2 amide bonds. The van der Waals surface area contributed by atoms with E-state index in [1.165, 1.54) is 0 Å². The fourth-order valence-corrected chi connectivity index (χ4v) is 2.39. The van der Waals surface area contributed by atoms with Crippen molar-refractivity contribution in [1.82, 2.24) is 15.2 Å². The third-order valence-electron chi connectivity index (χ3n) is 4.01. The first-order valence-electron chi connectivity index (χ1n) is 8.28. The van der Waals surface area contributed by atoms with E-state index in [-0.39, 0.29) is 11.8 Å². The van der Waals surface area contributed by atoms with Gasteiger partial charge in [-0.15, -0.1) is 0 Å². The summed E-state index contributed by atoms with van der Waals surface area (Å²) < 4.78 is 2.05. The lowest BCUT2D eigenvalue weighted by Gasteiger charge is -2.08. The van der Waals surface area contributed by atoms with E-state index in [0.29, 0.717) is 18.7 Å². The van der Waals surface area contributed by atoms with Crippen LogP contribution in [0.25, 0.3) is 0 Å². The molecule has 0 fully saturated rings. The van der Waals surface area contributed by atoms with Crippen LogP contribution in [0.15, 0.2) is 48.0 Å². The Labute approximate surface area is 148 Å². The van der Waals surface area contributed by atoms with E-state index in [1.807, 2.05) is 52.1 Å². The Balaban J connectivity index is 1.88. The largest absolute Gasteiger partial charge is 0.350 e. The van der Waals surface area contributed by atoms with Crippen LogP contribution in [-0.4, -0.2) is 16.4 Å². The molecule has 1 heterocycles. The highest BCUT2D eigenvalue weighted by Crippen LogP contribution is 2.07. The summed E-state index contributed by atoms with van der Waals surface area (Å²) >= 11 is 0. The van der Waals surface area contributed by atoms with E-state index in [4.69, 9.17) is 0 Å². The van der Waals surface area contributed by atoms with Gasteiger partial charge in [0.25, 0.3) is 5.91 Å². The van der Waals surface area contributed by atoms with Crippen molar-refractivity contribution in [3.63, 3.8) is 0 Å². The van der Waals surface area contributed by atoms with Crippen LogP contribution >= 0.6 is 0 Å². The Hall–Kier alpha value is -2.82. The van der Waals surface area contributed by atoms with Crippen molar-refractivity contribution in [1.29, 1.82) is 0 Å². The average Bonchev–Trinajstić information content (AvgIpc) is 2.89. The van der Waals surface area contributed by atoms with Crippen LogP contribution in [0.5, 0.6) is 0 Å². The lowest BCUT2D eigenvalue weighted by Crippen LogP contribution is -2.24. The molecule has 0 aliphatic rings. The maximum atomic E-state index is 12.2. The molecule has 0 spiro atoms. The van der Waals surface area contributed by atoms with Crippen LogP contribution < -0.4 is 10.6 Å². The molecule has 132 valence electrons. The van der Waals surface area contributed by atoms with E-state index in [2.05, 4.69) is 15.2 Å². The Bertz CT molecular complexity index is 782. The third-order valence-corrected chi connectivity index (χ3v) is 4.01. The number of nitrogens with zero attached hydrogens (tertiary/aromatic N) is 1. The molecular formula is C20H25N3O2. The maximum absolute atomic E-state index is 12.2. The highest BCUT2D eigenvalue weighted by Gasteiger charge is 2.07. The molecule has 2 N–H and O–H groups in total. The minimum absolute atomic E-state index is 0.111. The van der Waals surface area contributed by atoms with Gasteiger partial charge in [-0.05, 0) is 50.6 Å². The monoisotopic (exact) mass is 339 g/mol. The van der Waals surface area contributed by atoms with Crippen LogP contribution in [-0.2, 0) is 24.9 Å². The number of carbonyl (C=O) groups excluding carboxylic acids is 2. The fourth-order valence-electron chi connectivity index (χ4n) is 2.39. The average molecular weight is 339 g/mol. The molecule has 0 aliphatic heterocycles. The Morgan fingerprint density at radius 2 is 1.68 bits per heavy atom. The Morgan fingerprint density at radius 1 is 1.00 bits per heavy atom. The van der Waals surface area contributed by atoms with E-state index < -0.39 is 0 Å². The molecule has 2 aromatic rings. The second-order valence-corrected chi connectivity index (χ2v) is 6.34. The molecule has 0 radical (unpaired) electrons. The lowest BCUT2D eigenvalue weighted by molar-refractivity contribution is -0.116. The van der Waals surface area contributed by atoms with Crippen molar-refractivity contribution < 1.29 is 9.59 Å². The number of benzene rings is 1. The van der Waals surface area contributed by atoms with Gasteiger partial charge < -0.3 is 15.2 Å². The number of aromatic nitrogens is 1. The highest BCUT2D eigenvalue weighted by molar-refractivity contribution is 5.94. The quantitative estimate of drug-likeness (QED) is 0.795. The normalized spacial score (nSPS) is 10.2. The minimum Gasteiger partial charge on any atom is -0.350 e. The molecule has 5 heteroatoms. The van der Waals surface area contributed by atoms with Crippen molar-refractivity contribution in [2.24, 2.45) is 7.05 Å². The molecule has 0 atom stereocenters. The molecule has 1 aromatic heterocycles. The Kier molecular flexibility index (Phi) is 6.17. The third kappa shape index (κ3) is 5.35. The van der Waals surface area contributed by atoms with Gasteiger partial charge in [-0.2, -0.15) is 0 Å². The molecule has 0 saturated carbocycles. The summed E-state index contributed by atoms with van der Waals surface area (Å²) in [5.41, 5.74) is 4.72. The van der Waals surface area contributed by atoms with Gasteiger partial charge in [0, 0.05) is 36.6 Å². The summed E-state index contributed by atoms with van der Waals surface area (Å²) in [6.07, 6.45) is 1.56. The molecule has 2 rings (SSSR count). The van der Waals surface area contributed by atoms with Crippen molar-refractivity contribution in [3.8, 4) is 0 Å². The van der Waals surface area contributed by atoms with Crippen LogP contribution in [0.1, 0.15) is 41.2 Å². The minimum atomic E-state index is -0.112. The van der Waals surface area contributed by atoms with Gasteiger partial charge in [-0.25, -0.2) is 0 Å². The van der Waals surface area contributed by atoms with Crippen molar-refractivity contribution in [2.75, 3.05) is 0 Å². The zero-order valence-electron chi connectivity index (χ0n) is 15.2. The van der Waals surface area contributed by atoms with Crippen LogP contribution in [0, 0.1) is 6.92 Å². The summed E-state index contributed by atoms with van der Waals surface area (Å²) in [6.45, 7) is 6.71. The number of rotatable bonds is 6. The second kappa shape index (κ2) is 8.33. The SMILES string of the molecule is CC(C)=CC(=O)NCc1ccc(C(=O)NCc2ccc(C)n2C)cc1. The first-order chi connectivity index (χ1) is 11.9. The molecule has 25 heavy (non-hydrogen) atoms. The van der Waals surface area contributed by atoms with Gasteiger partial charge >= 0.3 is 0 Å². The molecule has 0 saturated heterocycles. The fraction of sp³-hybridized carbons (Fsp3) is 0.300. The molecule has 5 nitrogen and oxygen atoms in total. The van der Waals surface area contributed by atoms with Crippen LogP contribution in [0.2, 0.25) is 0 Å². The predicted octanol–water partition coefficient (Wildman–Crippen LogP) is 2.85. The highest BCUT2D eigenvalue weighted by atomic mass is 16.2. The van der Waals surface area contributed by atoms with Crippen molar-refractivity contribution in [3.05, 3.63) is 70.6 Å². The summed E-state index contributed by atoms with van der Waals surface area (Å²) in [7, 11) is 1.98. The lowest BCUT2D eigenvalue weighted by atomic mass is 10.1. The molecular weight excluding hydrogens is 314 g/mol. The first kappa shape index (κ1) is 18.5. The Morgan fingerprint density at radius 3 is 2.24 bits per heavy atom. The first-order valence-corrected chi connectivity index (χ1v) is 8.28. The number of amides is 2. The molecule has 0 aliphatic carbocycles. The van der Waals surface area contributed by atoms with Gasteiger partial charge in [0.15, 0.2) is 0 Å². The number of aryl methyl sites for hydroxylation is 1. The van der Waals surface area contributed by atoms with E-state index in [1.54, 1.807) is 18.2 Å². The predicted molar refractivity (Wildman–Crippen MR) is 99.0 cm³/mol. The van der Waals surface area contributed by atoms with Gasteiger partial charge in [0.2, 0.25) is 5.91 Å². The van der Waals surface area contributed by atoms with Gasteiger partial charge in [0.1, 0.15) is 0 Å². The number of allylic oxidation sites excluding steroid dienone is 1. The summed E-state index contributed by atoms with van der Waals surface area (Å²) in [5.74, 6) is -0.223. The smallest absolute Gasteiger partial charge is 0.251 e. The standard InChI is InChI=1S/C20H25N3O2/c1-14(2)11-19(24)21-12-16-6-8-17(9-7-16)20(25)22-13-18-10-5-15(3)23(18)4/h5-11H,12-13H2,1-4H3,(H,21,24)(H,22,25). The number of carbonyl (C=O) groups is 2. The van der Waals surface area contributed by atoms with Crippen LogP contribution in [0.4, 0.5) is 0 Å². The van der Waals surface area contributed by atoms with E-state index in [0.717, 1.165) is 22.5 Å². The van der Waals surface area contributed by atoms with Crippen molar-refractivity contribution in [2.45, 2.75) is 33.9 Å². The number of hydrogen-bond donors (Lipinski definition) is 2. The zero-order valence-corrected chi connectivity index (χ0v) is 15.2. The summed E-state index contributed by atoms with van der Waals surface area (Å²) in [6, 6.07) is 11.3. The molecule has 1 aromatic carbocycles. The van der Waals surface area contributed by atoms with Crippen molar-refractivity contribution >= 4 is 11.8 Å². The van der Waals surface area contributed by atoms with Gasteiger partial charge in [-0.3, -0.25) is 9.59 Å². The maximum Gasteiger partial charge on any atom is 0.251 e. The van der Waals surface area contributed by atoms with E-state index >= 15 is 0 Å². The number of nitrogens with one attached hydrogen (secondary N) is 2. The summed E-state index contributed by atoms with van der Waals surface area (Å²) in [4.78, 5) is 23.8. The van der Waals surface area contributed by atoms with Gasteiger partial charge in [-0.1, -0.05) is 17.7 Å². The van der Waals surface area contributed by atoms with Crippen LogP contribution in [0.3, 0.4) is 0 Å². The summed E-state index contributed by atoms with van der Waals surface area (Å²) in [5, 5.41) is 5.74. The molecule has 0 unspecified atom stereocenters.